The van der Waals surface area contributed by atoms with Gasteiger partial charge in [-0.25, -0.2) is 9.59 Å². The molecule has 1 aliphatic heterocycles. The third-order valence-electron chi connectivity index (χ3n) is 4.70. The zero-order valence-corrected chi connectivity index (χ0v) is 18.7. The molecule has 0 aliphatic carbocycles. The molecule has 11 nitrogen and oxygen atoms in total. The standard InChI is InChI=1S/C21H29N3O8/c1-6-8-9-10-29-21(28)23-18-15(7-2)11-24(20(27)22-18)19-17(32-14(5)26)16(12(3)30-19)31-13(4)25/h7,11-12,16-17,19H,2,6,8-10H2,1,3-5H3,(H,22,23,27,28)/t12-,16-,17-,19-/m1/s1. The molecule has 2 heterocycles. The lowest BCUT2D eigenvalue weighted by Crippen LogP contribution is -2.40. The molecule has 2 rings (SSSR count). The number of esters is 2. The van der Waals surface area contributed by atoms with Gasteiger partial charge in [-0.2, -0.15) is 4.98 Å². The number of aromatic nitrogens is 2. The molecule has 1 aromatic rings. The molecule has 0 bridgehead atoms. The van der Waals surface area contributed by atoms with Gasteiger partial charge < -0.3 is 18.9 Å². The maximum atomic E-state index is 12.7. The molecule has 0 spiro atoms. The van der Waals surface area contributed by atoms with Crippen LogP contribution in [0.25, 0.3) is 6.08 Å². The molecule has 0 unspecified atom stereocenters. The van der Waals surface area contributed by atoms with Crippen molar-refractivity contribution in [1.82, 2.24) is 9.55 Å². The zero-order valence-electron chi connectivity index (χ0n) is 18.7. The maximum Gasteiger partial charge on any atom is 0.412 e. The summed E-state index contributed by atoms with van der Waals surface area (Å²) in [7, 11) is 0. The third kappa shape index (κ3) is 6.39. The zero-order chi connectivity index (χ0) is 23.8. The van der Waals surface area contributed by atoms with Gasteiger partial charge in [0.1, 0.15) is 5.82 Å². The van der Waals surface area contributed by atoms with Gasteiger partial charge in [0.25, 0.3) is 0 Å². The summed E-state index contributed by atoms with van der Waals surface area (Å²) in [6.07, 6.45) is 0.879. The molecule has 1 N–H and O–H groups in total. The van der Waals surface area contributed by atoms with Crippen LogP contribution in [0.2, 0.25) is 0 Å². The Morgan fingerprint density at radius 1 is 1.22 bits per heavy atom. The van der Waals surface area contributed by atoms with Crippen LogP contribution in [0.5, 0.6) is 0 Å². The first-order chi connectivity index (χ1) is 15.2. The second-order valence-corrected chi connectivity index (χ2v) is 7.29. The SMILES string of the molecule is C=Cc1cn([C@@H]2O[C@H](C)[C@@H](OC(C)=O)[C@H]2OC(C)=O)c(=O)nc1NC(=O)OCCCCC. The fourth-order valence-electron chi connectivity index (χ4n) is 3.27. The van der Waals surface area contributed by atoms with Crippen molar-refractivity contribution in [2.45, 2.75) is 71.5 Å². The average Bonchev–Trinajstić information content (AvgIpc) is 3.00. The van der Waals surface area contributed by atoms with Crippen LogP contribution in [0.4, 0.5) is 10.6 Å². The van der Waals surface area contributed by atoms with Gasteiger partial charge in [-0.3, -0.25) is 19.5 Å². The number of hydrogen-bond acceptors (Lipinski definition) is 9. The van der Waals surface area contributed by atoms with Crippen molar-refractivity contribution in [2.75, 3.05) is 11.9 Å². The Bertz CT molecular complexity index is 913. The van der Waals surface area contributed by atoms with E-state index in [9.17, 15) is 19.2 Å². The maximum absolute atomic E-state index is 12.7. The summed E-state index contributed by atoms with van der Waals surface area (Å²) in [5.74, 6) is -1.25. The predicted molar refractivity (Wildman–Crippen MR) is 114 cm³/mol. The molecule has 1 amide bonds. The highest BCUT2D eigenvalue weighted by atomic mass is 16.6. The molecule has 1 aliphatic rings. The quantitative estimate of drug-likeness (QED) is 0.341. The highest BCUT2D eigenvalue weighted by Crippen LogP contribution is 2.33. The van der Waals surface area contributed by atoms with E-state index in [4.69, 9.17) is 18.9 Å². The van der Waals surface area contributed by atoms with Gasteiger partial charge in [0.15, 0.2) is 18.4 Å². The van der Waals surface area contributed by atoms with Crippen molar-refractivity contribution in [1.29, 1.82) is 0 Å². The lowest BCUT2D eigenvalue weighted by molar-refractivity contribution is -0.165. The lowest BCUT2D eigenvalue weighted by Gasteiger charge is -2.24. The third-order valence-corrected chi connectivity index (χ3v) is 4.70. The van der Waals surface area contributed by atoms with Crippen LogP contribution in [0.3, 0.4) is 0 Å². The second-order valence-electron chi connectivity index (χ2n) is 7.29. The minimum absolute atomic E-state index is 0.0339. The van der Waals surface area contributed by atoms with Gasteiger partial charge >= 0.3 is 23.7 Å². The monoisotopic (exact) mass is 451 g/mol. The molecule has 0 aromatic carbocycles. The van der Waals surface area contributed by atoms with Crippen LogP contribution in [0.15, 0.2) is 17.6 Å². The number of rotatable bonds is 9. The van der Waals surface area contributed by atoms with E-state index in [2.05, 4.69) is 16.9 Å². The number of unbranched alkanes of at least 4 members (excludes halogenated alkanes) is 2. The first-order valence-electron chi connectivity index (χ1n) is 10.4. The minimum Gasteiger partial charge on any atom is -0.456 e. The van der Waals surface area contributed by atoms with E-state index < -0.39 is 48.3 Å². The van der Waals surface area contributed by atoms with Gasteiger partial charge in [-0.05, 0) is 13.3 Å². The molecule has 1 aromatic heterocycles. The Morgan fingerprint density at radius 3 is 2.47 bits per heavy atom. The van der Waals surface area contributed by atoms with E-state index in [-0.39, 0.29) is 12.4 Å². The Kier molecular flexibility index (Phi) is 8.94. The smallest absolute Gasteiger partial charge is 0.412 e. The minimum atomic E-state index is -1.10. The number of ether oxygens (including phenoxy) is 4. The Hall–Kier alpha value is -3.21. The Labute approximate surface area is 185 Å². The van der Waals surface area contributed by atoms with Crippen molar-refractivity contribution in [3.05, 3.63) is 28.8 Å². The topological polar surface area (TPSA) is 135 Å². The molecule has 0 saturated carbocycles. The molecule has 32 heavy (non-hydrogen) atoms. The van der Waals surface area contributed by atoms with E-state index >= 15 is 0 Å². The molecule has 11 heteroatoms. The number of nitrogens with one attached hydrogen (secondary N) is 1. The van der Waals surface area contributed by atoms with E-state index in [1.165, 1.54) is 26.1 Å². The van der Waals surface area contributed by atoms with Crippen LogP contribution in [0, 0.1) is 0 Å². The van der Waals surface area contributed by atoms with Crippen molar-refractivity contribution < 1.29 is 33.3 Å². The number of hydrogen-bond donors (Lipinski definition) is 1. The highest BCUT2D eigenvalue weighted by Gasteiger charge is 2.48. The summed E-state index contributed by atoms with van der Waals surface area (Å²) in [5.41, 5.74) is -0.474. The van der Waals surface area contributed by atoms with Crippen LogP contribution >= 0.6 is 0 Å². The van der Waals surface area contributed by atoms with Crippen LogP contribution in [-0.2, 0) is 28.5 Å². The van der Waals surface area contributed by atoms with Gasteiger partial charge in [0.05, 0.1) is 12.7 Å². The van der Waals surface area contributed by atoms with Crippen LogP contribution in [-0.4, -0.2) is 52.5 Å². The van der Waals surface area contributed by atoms with Crippen molar-refractivity contribution >= 4 is 29.9 Å². The van der Waals surface area contributed by atoms with Crippen molar-refractivity contribution in [3.63, 3.8) is 0 Å². The molecule has 1 saturated heterocycles. The largest absolute Gasteiger partial charge is 0.456 e. The summed E-state index contributed by atoms with van der Waals surface area (Å²) in [6, 6.07) is 0. The van der Waals surface area contributed by atoms with Crippen molar-refractivity contribution in [3.8, 4) is 0 Å². The molecular formula is C21H29N3O8. The van der Waals surface area contributed by atoms with E-state index in [0.717, 1.165) is 23.8 Å². The lowest BCUT2D eigenvalue weighted by atomic mass is 10.1. The Morgan fingerprint density at radius 2 is 1.88 bits per heavy atom. The number of carbonyl (C=O) groups excluding carboxylic acids is 3. The van der Waals surface area contributed by atoms with Gasteiger partial charge in [0, 0.05) is 25.6 Å². The molecular weight excluding hydrogens is 422 g/mol. The number of amides is 1. The normalized spacial score (nSPS) is 22.1. The summed E-state index contributed by atoms with van der Waals surface area (Å²) in [6.45, 7) is 9.99. The van der Waals surface area contributed by atoms with Crippen LogP contribution in [0.1, 0.15) is 58.7 Å². The average molecular weight is 451 g/mol. The van der Waals surface area contributed by atoms with E-state index in [1.54, 1.807) is 6.92 Å². The fraction of sp³-hybridized carbons (Fsp3) is 0.571. The molecule has 176 valence electrons. The fourth-order valence-corrected chi connectivity index (χ4v) is 3.27. The summed E-state index contributed by atoms with van der Waals surface area (Å²) in [5, 5.41) is 2.43. The number of anilines is 1. The van der Waals surface area contributed by atoms with E-state index in [0.29, 0.717) is 5.56 Å². The second kappa shape index (κ2) is 11.4. The molecule has 1 fully saturated rings. The summed E-state index contributed by atoms with van der Waals surface area (Å²) < 4.78 is 22.5. The van der Waals surface area contributed by atoms with Gasteiger partial charge in [-0.1, -0.05) is 32.4 Å². The molecule has 0 radical (unpaired) electrons. The number of carbonyl (C=O) groups is 3. The first kappa shape index (κ1) is 25.1. The van der Waals surface area contributed by atoms with Crippen molar-refractivity contribution in [2.24, 2.45) is 0 Å². The first-order valence-corrected chi connectivity index (χ1v) is 10.4. The van der Waals surface area contributed by atoms with E-state index in [1.807, 2.05) is 6.92 Å². The van der Waals surface area contributed by atoms with Gasteiger partial charge in [0.2, 0.25) is 0 Å². The Balaban J connectivity index is 2.29. The summed E-state index contributed by atoms with van der Waals surface area (Å²) >= 11 is 0. The number of nitrogens with zero attached hydrogens (tertiary/aromatic N) is 2. The molecule has 4 atom stereocenters. The highest BCUT2D eigenvalue weighted by molar-refractivity contribution is 5.85. The van der Waals surface area contributed by atoms with Crippen LogP contribution < -0.4 is 11.0 Å². The summed E-state index contributed by atoms with van der Waals surface area (Å²) in [4.78, 5) is 51.8. The van der Waals surface area contributed by atoms with Gasteiger partial charge in [-0.15, -0.1) is 0 Å². The predicted octanol–water partition coefficient (Wildman–Crippen LogP) is 2.41.